The van der Waals surface area contributed by atoms with Gasteiger partial charge >= 0.3 is 5.97 Å². The molecule has 3 atom stereocenters. The van der Waals surface area contributed by atoms with Crippen molar-refractivity contribution in [2.75, 3.05) is 0 Å². The van der Waals surface area contributed by atoms with Crippen molar-refractivity contribution < 1.29 is 19.5 Å². The summed E-state index contributed by atoms with van der Waals surface area (Å²) in [7, 11) is 0. The molecule has 2 fully saturated rings. The molecule has 0 aromatic rings. The van der Waals surface area contributed by atoms with Crippen LogP contribution in [0.2, 0.25) is 0 Å². The van der Waals surface area contributed by atoms with Crippen LogP contribution in [0.4, 0.5) is 0 Å². The van der Waals surface area contributed by atoms with Gasteiger partial charge in [0.15, 0.2) is 0 Å². The minimum atomic E-state index is -0.860. The molecule has 6 nitrogen and oxygen atoms in total. The smallest absolute Gasteiger partial charge is 0.308 e. The van der Waals surface area contributed by atoms with Gasteiger partial charge in [0.05, 0.1) is 5.92 Å². The number of hydrogen-bond donors (Lipinski definition) is 3. The second-order valence-corrected chi connectivity index (χ2v) is 6.63. The topological polar surface area (TPSA) is 95.5 Å². The Kier molecular flexibility index (Phi) is 5.80. The van der Waals surface area contributed by atoms with E-state index in [4.69, 9.17) is 5.11 Å². The summed E-state index contributed by atoms with van der Waals surface area (Å²) in [5, 5.41) is 14.6. The van der Waals surface area contributed by atoms with E-state index in [1.807, 2.05) is 0 Å². The maximum absolute atomic E-state index is 12.1. The molecule has 0 aromatic heterocycles. The van der Waals surface area contributed by atoms with Crippen molar-refractivity contribution in [2.45, 2.75) is 70.4 Å². The lowest BCUT2D eigenvalue weighted by molar-refractivity contribution is -0.142. The molecule has 2 aliphatic carbocycles. The number of amides is 2. The molecule has 3 N–H and O–H groups in total. The molecule has 0 spiro atoms. The van der Waals surface area contributed by atoms with Gasteiger partial charge in [-0.05, 0) is 38.5 Å². The second kappa shape index (κ2) is 7.61. The zero-order valence-corrected chi connectivity index (χ0v) is 13.1. The maximum atomic E-state index is 12.1. The van der Waals surface area contributed by atoms with E-state index in [1.54, 1.807) is 6.92 Å². The van der Waals surface area contributed by atoms with Gasteiger partial charge in [-0.1, -0.05) is 19.3 Å². The SMILES string of the molecule is C[C@H](NC(=O)CC1CCCC1)C(=O)N[C@@H]1CCC[C@H]1C(=O)O. The lowest BCUT2D eigenvalue weighted by Gasteiger charge is -2.21. The molecule has 2 saturated carbocycles. The molecule has 124 valence electrons. The third-order valence-corrected chi connectivity index (χ3v) is 4.88. The molecule has 2 amide bonds. The van der Waals surface area contributed by atoms with Gasteiger partial charge in [-0.3, -0.25) is 14.4 Å². The van der Waals surface area contributed by atoms with Gasteiger partial charge in [-0.15, -0.1) is 0 Å². The van der Waals surface area contributed by atoms with E-state index in [9.17, 15) is 14.4 Å². The lowest BCUT2D eigenvalue weighted by Crippen LogP contribution is -2.50. The normalized spacial score (nSPS) is 26.6. The van der Waals surface area contributed by atoms with Gasteiger partial charge in [0.2, 0.25) is 11.8 Å². The average Bonchev–Trinajstić information content (AvgIpc) is 3.09. The summed E-state index contributed by atoms with van der Waals surface area (Å²) in [6.07, 6.45) is 7.14. The Morgan fingerprint density at radius 2 is 1.77 bits per heavy atom. The van der Waals surface area contributed by atoms with E-state index in [2.05, 4.69) is 10.6 Å². The van der Waals surface area contributed by atoms with Crippen LogP contribution in [0.15, 0.2) is 0 Å². The van der Waals surface area contributed by atoms with Crippen LogP contribution >= 0.6 is 0 Å². The van der Waals surface area contributed by atoms with Crippen molar-refractivity contribution in [1.82, 2.24) is 10.6 Å². The van der Waals surface area contributed by atoms with Crippen molar-refractivity contribution >= 4 is 17.8 Å². The number of rotatable bonds is 6. The lowest BCUT2D eigenvalue weighted by atomic mass is 10.0. The first-order chi connectivity index (χ1) is 10.5. The molecule has 0 bridgehead atoms. The minimum Gasteiger partial charge on any atom is -0.481 e. The third-order valence-electron chi connectivity index (χ3n) is 4.88. The van der Waals surface area contributed by atoms with Gasteiger partial charge < -0.3 is 15.7 Å². The summed E-state index contributed by atoms with van der Waals surface area (Å²) in [6, 6.07) is -0.942. The zero-order valence-electron chi connectivity index (χ0n) is 13.1. The van der Waals surface area contributed by atoms with Crippen molar-refractivity contribution in [1.29, 1.82) is 0 Å². The van der Waals surface area contributed by atoms with Gasteiger partial charge in [-0.25, -0.2) is 0 Å². The largest absolute Gasteiger partial charge is 0.481 e. The first-order valence-corrected chi connectivity index (χ1v) is 8.30. The number of aliphatic carboxylic acids is 1. The fourth-order valence-electron chi connectivity index (χ4n) is 3.58. The van der Waals surface area contributed by atoms with Gasteiger partial charge in [-0.2, -0.15) is 0 Å². The summed E-state index contributed by atoms with van der Waals surface area (Å²) in [4.78, 5) is 35.2. The number of hydrogen-bond acceptors (Lipinski definition) is 3. The summed E-state index contributed by atoms with van der Waals surface area (Å²) in [5.74, 6) is -1.30. The quantitative estimate of drug-likeness (QED) is 0.692. The average molecular weight is 310 g/mol. The van der Waals surface area contributed by atoms with E-state index in [1.165, 1.54) is 12.8 Å². The van der Waals surface area contributed by atoms with Gasteiger partial charge in [0.25, 0.3) is 0 Å². The van der Waals surface area contributed by atoms with Gasteiger partial charge in [0.1, 0.15) is 6.04 Å². The van der Waals surface area contributed by atoms with E-state index in [0.717, 1.165) is 19.3 Å². The Balaban J connectivity index is 1.76. The first kappa shape index (κ1) is 16.8. The molecule has 0 radical (unpaired) electrons. The van der Waals surface area contributed by atoms with Crippen LogP contribution in [0.1, 0.15) is 58.3 Å². The molecule has 0 unspecified atom stereocenters. The van der Waals surface area contributed by atoms with Crippen LogP contribution in [0.3, 0.4) is 0 Å². The highest BCUT2D eigenvalue weighted by atomic mass is 16.4. The number of carboxylic acid groups (broad SMARTS) is 1. The fourth-order valence-corrected chi connectivity index (χ4v) is 3.58. The Morgan fingerprint density at radius 3 is 2.41 bits per heavy atom. The van der Waals surface area contributed by atoms with Crippen LogP contribution < -0.4 is 10.6 Å². The molecular formula is C16H26N2O4. The molecule has 0 heterocycles. The zero-order chi connectivity index (χ0) is 16.1. The molecule has 6 heteroatoms. The summed E-state index contributed by atoms with van der Waals surface area (Å²) in [6.45, 7) is 1.65. The van der Waals surface area contributed by atoms with Crippen molar-refractivity contribution in [3.63, 3.8) is 0 Å². The molecule has 0 aliphatic heterocycles. The Labute approximate surface area is 131 Å². The van der Waals surface area contributed by atoms with E-state index < -0.39 is 17.9 Å². The number of carbonyl (C=O) groups is 3. The van der Waals surface area contributed by atoms with E-state index in [-0.39, 0.29) is 17.9 Å². The van der Waals surface area contributed by atoms with Gasteiger partial charge in [0, 0.05) is 12.5 Å². The summed E-state index contributed by atoms with van der Waals surface area (Å²) in [5.41, 5.74) is 0. The highest BCUT2D eigenvalue weighted by molar-refractivity contribution is 5.88. The fraction of sp³-hybridized carbons (Fsp3) is 0.812. The second-order valence-electron chi connectivity index (χ2n) is 6.63. The van der Waals surface area contributed by atoms with Crippen molar-refractivity contribution in [3.05, 3.63) is 0 Å². The Hall–Kier alpha value is -1.59. The highest BCUT2D eigenvalue weighted by Gasteiger charge is 2.34. The molecule has 0 aromatic carbocycles. The van der Waals surface area contributed by atoms with Crippen LogP contribution in [0.25, 0.3) is 0 Å². The summed E-state index contributed by atoms with van der Waals surface area (Å²) >= 11 is 0. The van der Waals surface area contributed by atoms with Crippen molar-refractivity contribution in [3.8, 4) is 0 Å². The van der Waals surface area contributed by atoms with Crippen LogP contribution in [0.5, 0.6) is 0 Å². The highest BCUT2D eigenvalue weighted by Crippen LogP contribution is 2.27. The Morgan fingerprint density at radius 1 is 1.09 bits per heavy atom. The van der Waals surface area contributed by atoms with Crippen LogP contribution in [-0.4, -0.2) is 35.0 Å². The molecule has 22 heavy (non-hydrogen) atoms. The van der Waals surface area contributed by atoms with Crippen LogP contribution in [-0.2, 0) is 14.4 Å². The molecule has 2 rings (SSSR count). The molecule has 0 saturated heterocycles. The summed E-state index contributed by atoms with van der Waals surface area (Å²) < 4.78 is 0. The maximum Gasteiger partial charge on any atom is 0.308 e. The van der Waals surface area contributed by atoms with E-state index in [0.29, 0.717) is 25.2 Å². The van der Waals surface area contributed by atoms with Crippen LogP contribution in [0, 0.1) is 11.8 Å². The number of carbonyl (C=O) groups excluding carboxylic acids is 2. The van der Waals surface area contributed by atoms with E-state index >= 15 is 0 Å². The third kappa shape index (κ3) is 4.45. The first-order valence-electron chi connectivity index (χ1n) is 8.30. The standard InChI is InChI=1S/C16H26N2O4/c1-10(17-14(19)9-11-5-2-3-6-11)15(20)18-13-8-4-7-12(13)16(21)22/h10-13H,2-9H2,1H3,(H,17,19)(H,18,20)(H,21,22)/t10-,12+,13+/m0/s1. The monoisotopic (exact) mass is 310 g/mol. The predicted octanol–water partition coefficient (Wildman–Crippen LogP) is 1.44. The predicted molar refractivity (Wildman–Crippen MR) is 81.1 cm³/mol. The minimum absolute atomic E-state index is 0.0873. The van der Waals surface area contributed by atoms with Crippen molar-refractivity contribution in [2.24, 2.45) is 11.8 Å². The number of nitrogens with one attached hydrogen (secondary N) is 2. The molecular weight excluding hydrogens is 284 g/mol. The Bertz CT molecular complexity index is 432. The number of carboxylic acids is 1. The molecule has 2 aliphatic rings.